The van der Waals surface area contributed by atoms with E-state index in [0.29, 0.717) is 12.6 Å². The molecule has 28 heavy (non-hydrogen) atoms. The molecule has 2 N–H and O–H groups in total. The van der Waals surface area contributed by atoms with E-state index in [1.165, 1.54) is 0 Å². The molecule has 1 amide bonds. The lowest BCUT2D eigenvalue weighted by Crippen LogP contribution is -2.31. The Balaban J connectivity index is 1.60. The first-order chi connectivity index (χ1) is 13.7. The number of rotatable bonds is 5. The van der Waals surface area contributed by atoms with E-state index in [0.717, 1.165) is 34.9 Å². The third-order valence-corrected chi connectivity index (χ3v) is 6.09. The summed E-state index contributed by atoms with van der Waals surface area (Å²) >= 11 is 1.55. The number of thiazole rings is 1. The van der Waals surface area contributed by atoms with Crippen molar-refractivity contribution in [3.05, 3.63) is 58.5 Å². The molecule has 0 bridgehead atoms. The van der Waals surface area contributed by atoms with Crippen molar-refractivity contribution in [2.45, 2.75) is 24.3 Å². The van der Waals surface area contributed by atoms with Gasteiger partial charge in [-0.25, -0.2) is 4.98 Å². The maximum atomic E-state index is 11.6. The number of nitrogens with zero attached hydrogens (tertiary/aromatic N) is 6. The van der Waals surface area contributed by atoms with Gasteiger partial charge in [0.05, 0.1) is 12.0 Å². The molecule has 1 saturated carbocycles. The number of aromatic nitrogens is 5. The molecule has 0 aromatic carbocycles. The highest BCUT2D eigenvalue weighted by atomic mass is 32.1. The Morgan fingerprint density at radius 3 is 3.00 bits per heavy atom. The zero-order chi connectivity index (χ0) is 19.1. The molecule has 5 rings (SSSR count). The molecule has 1 atom stereocenters. The topological polar surface area (TPSA) is 112 Å². The van der Waals surface area contributed by atoms with Crippen LogP contribution in [0, 0.1) is 0 Å². The second-order valence-corrected chi connectivity index (χ2v) is 7.80. The number of allylic oxidation sites excluding steroid dienone is 1. The monoisotopic (exact) mass is 391 g/mol. The summed E-state index contributed by atoms with van der Waals surface area (Å²) in [5, 5.41) is 11.2. The summed E-state index contributed by atoms with van der Waals surface area (Å²) < 4.78 is 2.10. The fourth-order valence-corrected chi connectivity index (χ4v) is 4.43. The fourth-order valence-electron chi connectivity index (χ4n) is 3.44. The molecular weight excluding hydrogens is 374 g/mol. The van der Waals surface area contributed by atoms with Crippen LogP contribution in [-0.2, 0) is 5.41 Å². The Labute approximate surface area is 164 Å². The third-order valence-electron chi connectivity index (χ3n) is 5.07. The molecule has 3 aromatic heterocycles. The average Bonchev–Trinajstić information content (AvgIpc) is 3.25. The second-order valence-electron chi connectivity index (χ2n) is 6.95. The molecule has 0 saturated heterocycles. The van der Waals surface area contributed by atoms with E-state index in [-0.39, 0.29) is 5.69 Å². The first kappa shape index (κ1) is 16.9. The van der Waals surface area contributed by atoms with Crippen LogP contribution in [0.2, 0.25) is 0 Å². The van der Waals surface area contributed by atoms with Crippen molar-refractivity contribution in [1.29, 1.82) is 0 Å². The number of amides is 1. The zero-order valence-electron chi connectivity index (χ0n) is 14.9. The van der Waals surface area contributed by atoms with Crippen LogP contribution < -0.4 is 5.73 Å². The summed E-state index contributed by atoms with van der Waals surface area (Å²) in [6.07, 6.45) is 11.4. The number of carbonyl (C=O) groups excluding carboxylic acids is 1. The lowest BCUT2D eigenvalue weighted by atomic mass is 9.79. The largest absolute Gasteiger partial charge is 0.364 e. The average molecular weight is 391 g/mol. The third kappa shape index (κ3) is 2.75. The minimum Gasteiger partial charge on any atom is -0.364 e. The molecule has 1 aliphatic heterocycles. The predicted molar refractivity (Wildman–Crippen MR) is 105 cm³/mol. The van der Waals surface area contributed by atoms with E-state index in [9.17, 15) is 4.79 Å². The minimum atomic E-state index is -0.574. The quantitative estimate of drug-likeness (QED) is 0.716. The van der Waals surface area contributed by atoms with Gasteiger partial charge in [0.1, 0.15) is 22.7 Å². The summed E-state index contributed by atoms with van der Waals surface area (Å²) in [4.78, 5) is 25.1. The van der Waals surface area contributed by atoms with Gasteiger partial charge in [-0.15, -0.1) is 21.5 Å². The summed E-state index contributed by atoms with van der Waals surface area (Å²) in [5.74, 6) is 0.230. The smallest absolute Gasteiger partial charge is 0.267 e. The van der Waals surface area contributed by atoms with Crippen molar-refractivity contribution < 1.29 is 4.79 Å². The van der Waals surface area contributed by atoms with Crippen LogP contribution >= 0.6 is 11.3 Å². The summed E-state index contributed by atoms with van der Waals surface area (Å²) in [6.45, 7) is 0.494. The number of hydrogen-bond acceptors (Lipinski definition) is 7. The molecular formula is C19H17N7OS. The Morgan fingerprint density at radius 2 is 2.25 bits per heavy atom. The Hall–Kier alpha value is -3.20. The number of carbonyl (C=O) groups is 1. The van der Waals surface area contributed by atoms with Gasteiger partial charge in [0.25, 0.3) is 5.91 Å². The Morgan fingerprint density at radius 1 is 1.36 bits per heavy atom. The molecule has 9 heteroatoms. The van der Waals surface area contributed by atoms with Gasteiger partial charge < -0.3 is 10.3 Å². The van der Waals surface area contributed by atoms with Crippen LogP contribution in [0.5, 0.6) is 0 Å². The first-order valence-electron chi connectivity index (χ1n) is 8.97. The van der Waals surface area contributed by atoms with Gasteiger partial charge in [0, 0.05) is 23.8 Å². The number of pyridine rings is 1. The lowest BCUT2D eigenvalue weighted by Gasteiger charge is -2.29. The van der Waals surface area contributed by atoms with Crippen LogP contribution in [0.3, 0.4) is 0 Å². The van der Waals surface area contributed by atoms with Crippen molar-refractivity contribution >= 4 is 23.5 Å². The molecule has 4 heterocycles. The van der Waals surface area contributed by atoms with E-state index in [1.807, 2.05) is 17.5 Å². The van der Waals surface area contributed by atoms with Crippen LogP contribution in [0.15, 0.2) is 47.2 Å². The molecule has 2 aliphatic rings. The normalized spacial score (nSPS) is 21.1. The number of nitrogens with two attached hydrogens (primary N) is 1. The van der Waals surface area contributed by atoms with Gasteiger partial charge in [0.2, 0.25) is 0 Å². The number of hydrogen-bond donors (Lipinski definition) is 1. The first-order valence-corrected chi connectivity index (χ1v) is 9.85. The number of aliphatic imine (C=N–C) groups is 1. The van der Waals surface area contributed by atoms with Gasteiger partial charge >= 0.3 is 0 Å². The van der Waals surface area contributed by atoms with E-state index < -0.39 is 11.3 Å². The van der Waals surface area contributed by atoms with E-state index in [1.54, 1.807) is 36.1 Å². The van der Waals surface area contributed by atoms with Crippen LogP contribution in [0.4, 0.5) is 0 Å². The maximum Gasteiger partial charge on any atom is 0.267 e. The summed E-state index contributed by atoms with van der Waals surface area (Å²) in [6, 6.07) is 4.08. The van der Waals surface area contributed by atoms with E-state index in [2.05, 4.69) is 30.8 Å². The predicted octanol–water partition coefficient (Wildman–Crippen LogP) is 2.16. The van der Waals surface area contributed by atoms with Crippen LogP contribution in [0.1, 0.15) is 39.9 Å². The Kier molecular flexibility index (Phi) is 3.90. The molecule has 0 spiro atoms. The zero-order valence-corrected chi connectivity index (χ0v) is 15.7. The molecule has 1 fully saturated rings. The van der Waals surface area contributed by atoms with Gasteiger partial charge in [-0.3, -0.25) is 14.8 Å². The molecule has 8 nitrogen and oxygen atoms in total. The highest BCUT2D eigenvalue weighted by Gasteiger charge is 2.37. The lowest BCUT2D eigenvalue weighted by molar-refractivity contribution is 0.0995. The standard InChI is InChI=1S/C19H17N7OS/c20-16(27)14-8-12(4-7-22-14)19(5-1-6-21-10-19)18-24-15(9-28-18)17-25-23-11-26(17)13-2-3-13/h1,4-9,11,13H,2-3,10H2,(H2,20,27). The number of primary amides is 1. The minimum absolute atomic E-state index is 0.227. The fraction of sp³-hybridized carbons (Fsp3) is 0.263. The van der Waals surface area contributed by atoms with Crippen molar-refractivity contribution in [2.75, 3.05) is 6.54 Å². The Bertz CT molecular complexity index is 1110. The highest BCUT2D eigenvalue weighted by Crippen LogP contribution is 2.41. The highest BCUT2D eigenvalue weighted by molar-refractivity contribution is 7.10. The SMILES string of the molecule is NC(=O)c1cc(C2(c3nc(-c4nncn4C4CC4)cs3)C=CC=NC2)ccn1. The van der Waals surface area contributed by atoms with Gasteiger partial charge in [-0.2, -0.15) is 0 Å². The maximum absolute atomic E-state index is 11.6. The van der Waals surface area contributed by atoms with Crippen molar-refractivity contribution in [3.63, 3.8) is 0 Å². The molecule has 1 aliphatic carbocycles. The van der Waals surface area contributed by atoms with Crippen LogP contribution in [0.25, 0.3) is 11.5 Å². The van der Waals surface area contributed by atoms with Gasteiger partial charge in [-0.05, 0) is 36.6 Å². The summed E-state index contributed by atoms with van der Waals surface area (Å²) in [5.41, 5.74) is 6.77. The molecule has 3 aromatic rings. The second kappa shape index (κ2) is 6.45. The van der Waals surface area contributed by atoms with E-state index >= 15 is 0 Å². The summed E-state index contributed by atoms with van der Waals surface area (Å²) in [7, 11) is 0. The van der Waals surface area contributed by atoms with Crippen molar-refractivity contribution in [2.24, 2.45) is 10.7 Å². The van der Waals surface area contributed by atoms with Gasteiger partial charge in [0.15, 0.2) is 5.82 Å². The molecule has 1 unspecified atom stereocenters. The molecule has 140 valence electrons. The van der Waals surface area contributed by atoms with Crippen molar-refractivity contribution in [3.8, 4) is 11.5 Å². The molecule has 0 radical (unpaired) electrons. The van der Waals surface area contributed by atoms with E-state index in [4.69, 9.17) is 10.7 Å². The number of dihydropyridines is 1. The van der Waals surface area contributed by atoms with Crippen LogP contribution in [-0.4, -0.2) is 43.4 Å². The van der Waals surface area contributed by atoms with Gasteiger partial charge in [-0.1, -0.05) is 6.08 Å². The van der Waals surface area contributed by atoms with Crippen molar-refractivity contribution in [1.82, 2.24) is 24.7 Å².